The number of carboxylic acids is 1. The van der Waals surface area contributed by atoms with Crippen molar-refractivity contribution in [2.45, 2.75) is 6.92 Å². The fourth-order valence-corrected chi connectivity index (χ4v) is 3.61. The second kappa shape index (κ2) is 10.4. The molecule has 0 aromatic heterocycles. The maximum absolute atomic E-state index is 12.6. The highest BCUT2D eigenvalue weighted by Gasteiger charge is 2.14. The molecule has 0 aliphatic rings. The number of anilines is 3. The minimum absolute atomic E-state index is 0.124. The Morgan fingerprint density at radius 1 is 0.714 bits per heavy atom. The maximum atomic E-state index is 12.6. The van der Waals surface area contributed by atoms with Gasteiger partial charge in [0.25, 0.3) is 0 Å². The molecule has 0 aliphatic heterocycles. The van der Waals surface area contributed by atoms with Crippen LogP contribution >= 0.6 is 0 Å². The van der Waals surface area contributed by atoms with E-state index in [0.29, 0.717) is 5.69 Å². The molecule has 0 saturated heterocycles. The van der Waals surface area contributed by atoms with Gasteiger partial charge in [-0.3, -0.25) is 4.79 Å². The van der Waals surface area contributed by atoms with Gasteiger partial charge in [0, 0.05) is 17.5 Å². The number of para-hydroxylation sites is 1. The summed E-state index contributed by atoms with van der Waals surface area (Å²) in [5.41, 5.74) is 2.48. The summed E-state index contributed by atoms with van der Waals surface area (Å²) in [6, 6.07) is 26.5. The van der Waals surface area contributed by atoms with Gasteiger partial charge in [0.15, 0.2) is 0 Å². The predicted molar refractivity (Wildman–Crippen MR) is 139 cm³/mol. The van der Waals surface area contributed by atoms with Crippen molar-refractivity contribution in [3.8, 4) is 0 Å². The van der Waals surface area contributed by atoms with E-state index >= 15 is 0 Å². The first-order chi connectivity index (χ1) is 16.9. The quantitative estimate of drug-likeness (QED) is 0.253. The number of fused-ring (bicyclic) bond motifs is 1. The SMILES string of the molecule is CC(=CC(=O)Nc1ccc(NC(=O)Nc2ccccc2)cc1C(=O)O)c1ccc2ccccc2c1. The molecule has 0 fully saturated rings. The van der Waals surface area contributed by atoms with Gasteiger partial charge in [0.1, 0.15) is 0 Å². The summed E-state index contributed by atoms with van der Waals surface area (Å²) < 4.78 is 0. The number of hydrogen-bond donors (Lipinski definition) is 4. The third-order valence-corrected chi connectivity index (χ3v) is 5.35. The first-order valence-corrected chi connectivity index (χ1v) is 10.9. The maximum Gasteiger partial charge on any atom is 0.337 e. The third-order valence-electron chi connectivity index (χ3n) is 5.35. The highest BCUT2D eigenvalue weighted by molar-refractivity contribution is 6.08. The van der Waals surface area contributed by atoms with Gasteiger partial charge in [-0.05, 0) is 65.2 Å². The van der Waals surface area contributed by atoms with Gasteiger partial charge < -0.3 is 21.1 Å². The first kappa shape index (κ1) is 23.3. The number of carbonyl (C=O) groups excluding carboxylic acids is 2. The van der Waals surface area contributed by atoms with Crippen LogP contribution < -0.4 is 16.0 Å². The largest absolute Gasteiger partial charge is 0.478 e. The van der Waals surface area contributed by atoms with Crippen molar-refractivity contribution in [1.82, 2.24) is 0 Å². The molecule has 0 bridgehead atoms. The van der Waals surface area contributed by atoms with E-state index in [1.807, 2.05) is 55.5 Å². The van der Waals surface area contributed by atoms with Crippen molar-refractivity contribution < 1.29 is 19.5 Å². The van der Waals surface area contributed by atoms with Gasteiger partial charge in [-0.1, -0.05) is 54.6 Å². The van der Waals surface area contributed by atoms with Crippen LogP contribution in [0.5, 0.6) is 0 Å². The zero-order chi connectivity index (χ0) is 24.8. The summed E-state index contributed by atoms with van der Waals surface area (Å²) in [4.78, 5) is 36.7. The van der Waals surface area contributed by atoms with Gasteiger partial charge >= 0.3 is 12.0 Å². The molecular weight excluding hydrogens is 442 g/mol. The van der Waals surface area contributed by atoms with Crippen LogP contribution in [0.4, 0.5) is 21.9 Å². The van der Waals surface area contributed by atoms with E-state index in [9.17, 15) is 19.5 Å². The lowest BCUT2D eigenvalue weighted by Crippen LogP contribution is -2.20. The number of carbonyl (C=O) groups is 3. The average molecular weight is 466 g/mol. The number of urea groups is 1. The topological polar surface area (TPSA) is 108 Å². The Labute approximate surface area is 202 Å². The summed E-state index contributed by atoms with van der Waals surface area (Å²) in [5, 5.41) is 19.7. The fraction of sp³-hybridized carbons (Fsp3) is 0.0357. The molecule has 0 saturated carbocycles. The first-order valence-electron chi connectivity index (χ1n) is 10.9. The Morgan fingerprint density at radius 2 is 1.40 bits per heavy atom. The zero-order valence-electron chi connectivity index (χ0n) is 18.9. The Balaban J connectivity index is 1.48. The molecule has 0 unspecified atom stereocenters. The Morgan fingerprint density at radius 3 is 2.14 bits per heavy atom. The van der Waals surface area contributed by atoms with E-state index in [4.69, 9.17) is 0 Å². The molecule has 0 spiro atoms. The van der Waals surface area contributed by atoms with Gasteiger partial charge in [-0.25, -0.2) is 9.59 Å². The number of aromatic carboxylic acids is 1. The van der Waals surface area contributed by atoms with Crippen molar-refractivity contribution in [2.24, 2.45) is 0 Å². The fourth-order valence-electron chi connectivity index (χ4n) is 3.61. The van der Waals surface area contributed by atoms with Crippen LogP contribution in [0.1, 0.15) is 22.8 Å². The summed E-state index contributed by atoms with van der Waals surface area (Å²) in [5.74, 6) is -1.69. The molecule has 3 amide bonds. The van der Waals surface area contributed by atoms with Crippen LogP contribution in [-0.2, 0) is 4.79 Å². The van der Waals surface area contributed by atoms with Crippen LogP contribution in [0.15, 0.2) is 97.1 Å². The van der Waals surface area contributed by atoms with Crippen molar-refractivity contribution >= 4 is 51.3 Å². The van der Waals surface area contributed by atoms with Gasteiger partial charge in [0.05, 0.1) is 11.3 Å². The second-order valence-corrected chi connectivity index (χ2v) is 7.89. The van der Waals surface area contributed by atoms with Crippen LogP contribution in [0, 0.1) is 0 Å². The third kappa shape index (κ3) is 5.91. The average Bonchev–Trinajstić information content (AvgIpc) is 2.85. The summed E-state index contributed by atoms with van der Waals surface area (Å²) in [7, 11) is 0. The Hall–Kier alpha value is -4.91. The van der Waals surface area contributed by atoms with Gasteiger partial charge in [0.2, 0.25) is 5.91 Å². The molecule has 4 aromatic rings. The van der Waals surface area contributed by atoms with E-state index in [0.717, 1.165) is 21.9 Å². The van der Waals surface area contributed by atoms with Gasteiger partial charge in [-0.2, -0.15) is 0 Å². The minimum atomic E-state index is -1.23. The summed E-state index contributed by atoms with van der Waals surface area (Å²) in [6.07, 6.45) is 1.43. The monoisotopic (exact) mass is 465 g/mol. The van der Waals surface area contributed by atoms with Crippen LogP contribution in [0.25, 0.3) is 16.3 Å². The highest BCUT2D eigenvalue weighted by atomic mass is 16.4. The summed E-state index contributed by atoms with van der Waals surface area (Å²) >= 11 is 0. The highest BCUT2D eigenvalue weighted by Crippen LogP contribution is 2.23. The molecule has 35 heavy (non-hydrogen) atoms. The van der Waals surface area contributed by atoms with Crippen LogP contribution in [0.2, 0.25) is 0 Å². The molecule has 174 valence electrons. The van der Waals surface area contributed by atoms with E-state index in [2.05, 4.69) is 16.0 Å². The molecule has 4 N–H and O–H groups in total. The molecule has 4 rings (SSSR count). The number of rotatable bonds is 6. The van der Waals surface area contributed by atoms with E-state index < -0.39 is 17.9 Å². The second-order valence-electron chi connectivity index (χ2n) is 7.89. The molecule has 4 aromatic carbocycles. The number of hydrogen-bond acceptors (Lipinski definition) is 3. The molecule has 0 radical (unpaired) electrons. The standard InChI is InChI=1S/C28H23N3O4/c1-18(20-12-11-19-7-5-6-8-21(19)16-20)15-26(32)31-25-14-13-23(17-24(25)27(33)34)30-28(35)29-22-9-3-2-4-10-22/h2-17H,1H3,(H,31,32)(H,33,34)(H2,29,30,35). The Kier molecular flexibility index (Phi) is 6.88. The number of allylic oxidation sites excluding steroid dienone is 1. The lowest BCUT2D eigenvalue weighted by molar-refractivity contribution is -0.111. The van der Waals surface area contributed by atoms with E-state index in [1.165, 1.54) is 24.3 Å². The van der Waals surface area contributed by atoms with Crippen molar-refractivity contribution in [1.29, 1.82) is 0 Å². The molecule has 7 nitrogen and oxygen atoms in total. The van der Waals surface area contributed by atoms with Crippen molar-refractivity contribution in [3.63, 3.8) is 0 Å². The number of carboxylic acid groups (broad SMARTS) is 1. The number of benzene rings is 4. The van der Waals surface area contributed by atoms with Crippen LogP contribution in [-0.4, -0.2) is 23.0 Å². The molecule has 0 atom stereocenters. The molecule has 0 heterocycles. The normalized spacial score (nSPS) is 11.1. The number of nitrogens with one attached hydrogen (secondary N) is 3. The van der Waals surface area contributed by atoms with E-state index in [-0.39, 0.29) is 16.9 Å². The van der Waals surface area contributed by atoms with E-state index in [1.54, 1.807) is 24.3 Å². The Bertz CT molecular complexity index is 1450. The minimum Gasteiger partial charge on any atom is -0.478 e. The predicted octanol–water partition coefficient (Wildman–Crippen LogP) is 6.22. The molecule has 7 heteroatoms. The van der Waals surface area contributed by atoms with Gasteiger partial charge in [-0.15, -0.1) is 0 Å². The van der Waals surface area contributed by atoms with Crippen molar-refractivity contribution in [2.75, 3.05) is 16.0 Å². The molecular formula is C28H23N3O4. The zero-order valence-corrected chi connectivity index (χ0v) is 18.9. The lowest BCUT2D eigenvalue weighted by Gasteiger charge is -2.12. The lowest BCUT2D eigenvalue weighted by atomic mass is 10.0. The molecule has 0 aliphatic carbocycles. The van der Waals surface area contributed by atoms with Crippen LogP contribution in [0.3, 0.4) is 0 Å². The van der Waals surface area contributed by atoms with Crippen molar-refractivity contribution in [3.05, 3.63) is 108 Å². The smallest absolute Gasteiger partial charge is 0.337 e. The summed E-state index contributed by atoms with van der Waals surface area (Å²) in [6.45, 7) is 1.82. The number of amides is 3.